The van der Waals surface area contributed by atoms with Crippen LogP contribution in [0.15, 0.2) is 54.6 Å². The minimum Gasteiger partial charge on any atom is -0.493 e. The van der Waals surface area contributed by atoms with E-state index in [9.17, 15) is 4.79 Å². The first-order chi connectivity index (χ1) is 12.5. The molecule has 0 saturated heterocycles. The van der Waals surface area contributed by atoms with E-state index in [1.807, 2.05) is 48.5 Å². The summed E-state index contributed by atoms with van der Waals surface area (Å²) in [5, 5.41) is 13.4. The van der Waals surface area contributed by atoms with Gasteiger partial charge in [-0.3, -0.25) is 9.78 Å². The van der Waals surface area contributed by atoms with Gasteiger partial charge in [0.2, 0.25) is 0 Å². The Balaban J connectivity index is 1.86. The van der Waals surface area contributed by atoms with Crippen LogP contribution in [0.4, 0.5) is 11.4 Å². The molecule has 5 heteroatoms. The number of hydrogen-bond acceptors (Lipinski definition) is 4. The fourth-order valence-electron chi connectivity index (χ4n) is 2.63. The third-order valence-corrected chi connectivity index (χ3v) is 3.82. The van der Waals surface area contributed by atoms with Gasteiger partial charge in [0.25, 0.3) is 0 Å². The highest BCUT2D eigenvalue weighted by Crippen LogP contribution is 2.27. The van der Waals surface area contributed by atoms with Crippen LogP contribution < -0.4 is 10.1 Å². The van der Waals surface area contributed by atoms with Crippen LogP contribution in [0.25, 0.3) is 10.9 Å². The smallest absolute Gasteiger partial charge is 0.309 e. The van der Waals surface area contributed by atoms with Crippen molar-refractivity contribution in [2.45, 2.75) is 20.3 Å². The fraction of sp³-hybridized carbons (Fsp3) is 0.238. The maximum Gasteiger partial charge on any atom is 0.309 e. The molecule has 5 nitrogen and oxygen atoms in total. The number of para-hydroxylation sites is 1. The van der Waals surface area contributed by atoms with Crippen LogP contribution >= 0.6 is 0 Å². The number of aromatic nitrogens is 1. The van der Waals surface area contributed by atoms with Crippen LogP contribution in [0.3, 0.4) is 0 Å². The van der Waals surface area contributed by atoms with Crippen LogP contribution in [-0.4, -0.2) is 22.7 Å². The van der Waals surface area contributed by atoms with Gasteiger partial charge in [-0.25, -0.2) is 0 Å². The van der Waals surface area contributed by atoms with Crippen LogP contribution in [0.2, 0.25) is 0 Å². The molecule has 0 atom stereocenters. The van der Waals surface area contributed by atoms with Gasteiger partial charge < -0.3 is 15.2 Å². The number of benzene rings is 2. The molecule has 0 saturated carbocycles. The predicted molar refractivity (Wildman–Crippen MR) is 103 cm³/mol. The summed E-state index contributed by atoms with van der Waals surface area (Å²) in [5.74, 6) is 0.407. The molecule has 2 aromatic carbocycles. The summed E-state index contributed by atoms with van der Waals surface area (Å²) in [6, 6.07) is 17.2. The van der Waals surface area contributed by atoms with Gasteiger partial charge in [-0.2, -0.15) is 0 Å². The van der Waals surface area contributed by atoms with E-state index in [1.165, 1.54) is 0 Å². The van der Waals surface area contributed by atoms with E-state index in [-0.39, 0.29) is 6.42 Å². The predicted octanol–water partition coefficient (Wildman–Crippen LogP) is 4.64. The quantitative estimate of drug-likeness (QED) is 0.649. The molecule has 26 heavy (non-hydrogen) atoms. The molecule has 1 aromatic heterocycles. The van der Waals surface area contributed by atoms with Gasteiger partial charge in [0, 0.05) is 16.8 Å². The second-order valence-corrected chi connectivity index (χ2v) is 6.60. The Morgan fingerprint density at radius 1 is 1.15 bits per heavy atom. The molecule has 0 bridgehead atoms. The number of ether oxygens (including phenoxy) is 1. The molecule has 0 spiro atoms. The van der Waals surface area contributed by atoms with E-state index in [0.717, 1.165) is 28.0 Å². The molecule has 2 N–H and O–H groups in total. The molecular weight excluding hydrogens is 328 g/mol. The molecule has 3 aromatic rings. The number of nitrogens with one attached hydrogen (secondary N) is 1. The Hall–Kier alpha value is -3.08. The SMILES string of the molecule is CC(C)COc1ccc(Nc2cc(CC(=O)O)nc3ccccc23)cc1. The van der Waals surface area contributed by atoms with Crippen LogP contribution in [0.1, 0.15) is 19.5 Å². The van der Waals surface area contributed by atoms with Crippen molar-refractivity contribution < 1.29 is 14.6 Å². The van der Waals surface area contributed by atoms with Crippen molar-refractivity contribution in [2.24, 2.45) is 5.92 Å². The van der Waals surface area contributed by atoms with Crippen LogP contribution in [-0.2, 0) is 11.2 Å². The minimum absolute atomic E-state index is 0.110. The van der Waals surface area contributed by atoms with E-state index in [4.69, 9.17) is 9.84 Å². The first-order valence-electron chi connectivity index (χ1n) is 8.61. The standard InChI is InChI=1S/C21H22N2O3/c1-14(2)13-26-17-9-7-15(8-10-17)22-20-11-16(12-21(24)25)23-19-6-4-3-5-18(19)20/h3-11,14H,12-13H2,1-2H3,(H,22,23)(H,24,25). The van der Waals surface area contributed by atoms with Crippen molar-refractivity contribution in [3.05, 3.63) is 60.3 Å². The summed E-state index contributed by atoms with van der Waals surface area (Å²) in [6.45, 7) is 4.90. The van der Waals surface area contributed by atoms with Crippen molar-refractivity contribution in [1.82, 2.24) is 4.98 Å². The van der Waals surface area contributed by atoms with Gasteiger partial charge in [0.05, 0.1) is 24.2 Å². The molecule has 134 valence electrons. The van der Waals surface area contributed by atoms with Gasteiger partial charge in [-0.05, 0) is 42.3 Å². The second kappa shape index (κ2) is 7.87. The summed E-state index contributed by atoms with van der Waals surface area (Å²) >= 11 is 0. The number of rotatable bonds is 7. The Morgan fingerprint density at radius 3 is 2.58 bits per heavy atom. The topological polar surface area (TPSA) is 71.5 Å². The molecule has 1 heterocycles. The van der Waals surface area contributed by atoms with Crippen molar-refractivity contribution >= 4 is 28.2 Å². The van der Waals surface area contributed by atoms with Gasteiger partial charge in [-0.15, -0.1) is 0 Å². The summed E-state index contributed by atoms with van der Waals surface area (Å²) in [6.07, 6.45) is -0.110. The Morgan fingerprint density at radius 2 is 1.88 bits per heavy atom. The number of carboxylic acids is 1. The number of nitrogens with zero attached hydrogens (tertiary/aromatic N) is 1. The highest BCUT2D eigenvalue weighted by atomic mass is 16.5. The highest BCUT2D eigenvalue weighted by molar-refractivity contribution is 5.93. The number of fused-ring (bicyclic) bond motifs is 1. The van der Waals surface area contributed by atoms with Gasteiger partial charge in [-0.1, -0.05) is 32.0 Å². The van der Waals surface area contributed by atoms with E-state index in [1.54, 1.807) is 6.07 Å². The fourth-order valence-corrected chi connectivity index (χ4v) is 2.63. The Labute approximate surface area is 152 Å². The number of pyridine rings is 1. The molecule has 0 aliphatic rings. The zero-order valence-corrected chi connectivity index (χ0v) is 14.9. The number of anilines is 2. The van der Waals surface area contributed by atoms with Crippen molar-refractivity contribution in [2.75, 3.05) is 11.9 Å². The number of carbonyl (C=O) groups is 1. The first kappa shape index (κ1) is 17.7. The maximum absolute atomic E-state index is 11.0. The average Bonchev–Trinajstić information content (AvgIpc) is 2.60. The van der Waals surface area contributed by atoms with Gasteiger partial charge in [0.15, 0.2) is 0 Å². The molecular formula is C21H22N2O3. The maximum atomic E-state index is 11.0. The monoisotopic (exact) mass is 350 g/mol. The lowest BCUT2D eigenvalue weighted by Gasteiger charge is -2.13. The van der Waals surface area contributed by atoms with Crippen molar-refractivity contribution in [3.8, 4) is 5.75 Å². The molecule has 0 aliphatic carbocycles. The largest absolute Gasteiger partial charge is 0.493 e. The lowest BCUT2D eigenvalue weighted by Crippen LogP contribution is -2.05. The molecule has 0 fully saturated rings. The van der Waals surface area contributed by atoms with Crippen LogP contribution in [0, 0.1) is 5.92 Å². The first-order valence-corrected chi connectivity index (χ1v) is 8.61. The van der Waals surface area contributed by atoms with Crippen molar-refractivity contribution in [3.63, 3.8) is 0 Å². The Bertz CT molecular complexity index is 905. The van der Waals surface area contributed by atoms with Gasteiger partial charge >= 0.3 is 5.97 Å². The lowest BCUT2D eigenvalue weighted by molar-refractivity contribution is -0.136. The third kappa shape index (κ3) is 4.51. The lowest BCUT2D eigenvalue weighted by atomic mass is 10.1. The molecule has 3 rings (SSSR count). The van der Waals surface area contributed by atoms with Crippen LogP contribution in [0.5, 0.6) is 5.75 Å². The third-order valence-electron chi connectivity index (χ3n) is 3.82. The summed E-state index contributed by atoms with van der Waals surface area (Å²) < 4.78 is 5.70. The summed E-state index contributed by atoms with van der Waals surface area (Å²) in [5.41, 5.74) is 3.03. The normalized spacial score (nSPS) is 10.9. The van der Waals surface area contributed by atoms with E-state index >= 15 is 0 Å². The summed E-state index contributed by atoms with van der Waals surface area (Å²) in [4.78, 5) is 15.5. The van der Waals surface area contributed by atoms with Crippen molar-refractivity contribution in [1.29, 1.82) is 0 Å². The molecule has 0 unspecified atom stereocenters. The number of aliphatic carboxylic acids is 1. The number of carboxylic acid groups (broad SMARTS) is 1. The minimum atomic E-state index is -0.898. The molecule has 0 radical (unpaired) electrons. The number of hydrogen-bond donors (Lipinski definition) is 2. The van der Waals surface area contributed by atoms with E-state index < -0.39 is 5.97 Å². The van der Waals surface area contributed by atoms with E-state index in [0.29, 0.717) is 18.2 Å². The molecule has 0 aliphatic heterocycles. The van der Waals surface area contributed by atoms with Gasteiger partial charge in [0.1, 0.15) is 5.75 Å². The highest BCUT2D eigenvalue weighted by Gasteiger charge is 2.09. The average molecular weight is 350 g/mol. The zero-order chi connectivity index (χ0) is 18.5. The zero-order valence-electron chi connectivity index (χ0n) is 14.9. The van der Waals surface area contributed by atoms with E-state index in [2.05, 4.69) is 24.1 Å². The molecule has 0 amide bonds. The Kier molecular flexibility index (Phi) is 5.37. The summed E-state index contributed by atoms with van der Waals surface area (Å²) in [7, 11) is 0. The second-order valence-electron chi connectivity index (χ2n) is 6.60.